The molecule has 2 aromatic rings. The molecule has 0 aliphatic heterocycles. The van der Waals surface area contributed by atoms with E-state index in [-0.39, 0.29) is 0 Å². The van der Waals surface area contributed by atoms with Crippen LogP contribution in [0.3, 0.4) is 0 Å². The summed E-state index contributed by atoms with van der Waals surface area (Å²) in [4.78, 5) is 4.67. The van der Waals surface area contributed by atoms with Gasteiger partial charge < -0.3 is 15.4 Å². The van der Waals surface area contributed by atoms with Crippen molar-refractivity contribution in [1.82, 2.24) is 10.6 Å². The number of thioether (sulfide) groups is 1. The van der Waals surface area contributed by atoms with E-state index in [0.717, 1.165) is 24.8 Å². The molecule has 0 radical (unpaired) electrons. The third-order valence-corrected chi connectivity index (χ3v) is 4.35. The zero-order valence-electron chi connectivity index (χ0n) is 15.7. The number of nitrogens with zero attached hydrogens (tertiary/aromatic N) is 1. The SMILES string of the molecule is CCNC(=NCc1cccc(COCc2ccccc2)c1)NCCSC. The van der Waals surface area contributed by atoms with Crippen LogP contribution in [0.2, 0.25) is 0 Å². The van der Waals surface area contributed by atoms with E-state index in [9.17, 15) is 0 Å². The summed E-state index contributed by atoms with van der Waals surface area (Å²) in [5, 5.41) is 6.64. The van der Waals surface area contributed by atoms with Gasteiger partial charge >= 0.3 is 0 Å². The van der Waals surface area contributed by atoms with Gasteiger partial charge in [0.15, 0.2) is 5.96 Å². The molecule has 0 aliphatic rings. The zero-order chi connectivity index (χ0) is 18.5. The highest BCUT2D eigenvalue weighted by molar-refractivity contribution is 7.98. The van der Waals surface area contributed by atoms with Crippen molar-refractivity contribution in [1.29, 1.82) is 0 Å². The minimum atomic E-state index is 0.610. The molecular formula is C21H29N3OS. The van der Waals surface area contributed by atoms with Gasteiger partial charge in [-0.1, -0.05) is 54.6 Å². The lowest BCUT2D eigenvalue weighted by molar-refractivity contribution is 0.107. The molecule has 2 aromatic carbocycles. The van der Waals surface area contributed by atoms with Crippen LogP contribution in [-0.4, -0.2) is 31.1 Å². The molecule has 5 heteroatoms. The van der Waals surface area contributed by atoms with Crippen molar-refractivity contribution in [3.63, 3.8) is 0 Å². The maximum atomic E-state index is 5.83. The van der Waals surface area contributed by atoms with Crippen molar-refractivity contribution in [2.45, 2.75) is 26.7 Å². The quantitative estimate of drug-likeness (QED) is 0.379. The second-order valence-electron chi connectivity index (χ2n) is 5.91. The first kappa shape index (κ1) is 20.3. The molecule has 0 bridgehead atoms. The van der Waals surface area contributed by atoms with E-state index >= 15 is 0 Å². The number of hydrogen-bond acceptors (Lipinski definition) is 3. The average Bonchev–Trinajstić information content (AvgIpc) is 2.67. The Bertz CT molecular complexity index is 661. The highest BCUT2D eigenvalue weighted by Crippen LogP contribution is 2.10. The van der Waals surface area contributed by atoms with Crippen molar-refractivity contribution in [3.8, 4) is 0 Å². The van der Waals surface area contributed by atoms with E-state index in [0.29, 0.717) is 19.8 Å². The monoisotopic (exact) mass is 371 g/mol. The first-order valence-electron chi connectivity index (χ1n) is 9.02. The maximum absolute atomic E-state index is 5.83. The predicted octanol–water partition coefficient (Wildman–Crippen LogP) is 3.82. The highest BCUT2D eigenvalue weighted by Gasteiger charge is 2.00. The second kappa shape index (κ2) is 12.4. The molecule has 26 heavy (non-hydrogen) atoms. The van der Waals surface area contributed by atoms with Gasteiger partial charge in [-0.2, -0.15) is 11.8 Å². The number of rotatable bonds is 10. The van der Waals surface area contributed by atoms with E-state index in [1.54, 1.807) is 0 Å². The summed E-state index contributed by atoms with van der Waals surface area (Å²) in [5.74, 6) is 1.94. The number of ether oxygens (including phenoxy) is 1. The highest BCUT2D eigenvalue weighted by atomic mass is 32.2. The lowest BCUT2D eigenvalue weighted by Gasteiger charge is -2.11. The Labute approximate surface area is 161 Å². The summed E-state index contributed by atoms with van der Waals surface area (Å²) in [6.07, 6.45) is 2.11. The molecule has 0 fully saturated rings. The van der Waals surface area contributed by atoms with Crippen LogP contribution in [0.15, 0.2) is 59.6 Å². The average molecular weight is 372 g/mol. The molecule has 0 saturated carbocycles. The van der Waals surface area contributed by atoms with Crippen LogP contribution in [0.1, 0.15) is 23.6 Å². The molecular weight excluding hydrogens is 342 g/mol. The van der Waals surface area contributed by atoms with Crippen LogP contribution >= 0.6 is 11.8 Å². The standard InChI is InChI=1S/C21H29N3OS/c1-3-22-21(23-12-13-26-2)24-15-19-10-7-11-20(14-19)17-25-16-18-8-5-4-6-9-18/h4-11,14H,3,12-13,15-17H2,1-2H3,(H2,22,23,24). The van der Waals surface area contributed by atoms with Gasteiger partial charge in [0, 0.05) is 18.8 Å². The second-order valence-corrected chi connectivity index (χ2v) is 6.90. The zero-order valence-corrected chi connectivity index (χ0v) is 16.5. The van der Waals surface area contributed by atoms with Crippen LogP contribution in [0, 0.1) is 0 Å². The summed E-state index contributed by atoms with van der Waals surface area (Å²) in [7, 11) is 0. The van der Waals surface area contributed by atoms with Crippen molar-refractivity contribution < 1.29 is 4.74 Å². The Balaban J connectivity index is 1.85. The van der Waals surface area contributed by atoms with E-state index in [1.165, 1.54) is 16.7 Å². The number of nitrogens with one attached hydrogen (secondary N) is 2. The topological polar surface area (TPSA) is 45.7 Å². The number of benzene rings is 2. The van der Waals surface area contributed by atoms with Gasteiger partial charge in [0.1, 0.15) is 0 Å². The Morgan fingerprint density at radius 2 is 1.69 bits per heavy atom. The molecule has 140 valence electrons. The van der Waals surface area contributed by atoms with Gasteiger partial charge in [0.25, 0.3) is 0 Å². The molecule has 0 spiro atoms. The van der Waals surface area contributed by atoms with Gasteiger partial charge in [0.05, 0.1) is 19.8 Å². The smallest absolute Gasteiger partial charge is 0.191 e. The van der Waals surface area contributed by atoms with Crippen LogP contribution in [-0.2, 0) is 24.5 Å². The van der Waals surface area contributed by atoms with Crippen molar-refractivity contribution in [2.24, 2.45) is 4.99 Å². The van der Waals surface area contributed by atoms with Crippen LogP contribution < -0.4 is 10.6 Å². The fourth-order valence-electron chi connectivity index (χ4n) is 2.46. The molecule has 0 aliphatic carbocycles. The van der Waals surface area contributed by atoms with Crippen LogP contribution in [0.4, 0.5) is 0 Å². The Hall–Kier alpha value is -1.98. The molecule has 0 unspecified atom stereocenters. The maximum Gasteiger partial charge on any atom is 0.191 e. The summed E-state index contributed by atoms with van der Waals surface area (Å²) in [6.45, 7) is 5.75. The first-order chi connectivity index (χ1) is 12.8. The minimum Gasteiger partial charge on any atom is -0.372 e. The van der Waals surface area contributed by atoms with E-state index in [2.05, 4.69) is 65.2 Å². The van der Waals surface area contributed by atoms with E-state index < -0.39 is 0 Å². The molecule has 2 rings (SSSR count). The molecule has 0 saturated heterocycles. The Morgan fingerprint density at radius 3 is 2.46 bits per heavy atom. The molecule has 0 aromatic heterocycles. The van der Waals surface area contributed by atoms with Gasteiger partial charge in [-0.05, 0) is 29.9 Å². The van der Waals surface area contributed by atoms with Crippen molar-refractivity contribution >= 4 is 17.7 Å². The van der Waals surface area contributed by atoms with Gasteiger partial charge in [0.2, 0.25) is 0 Å². The number of guanidine groups is 1. The fraction of sp³-hybridized carbons (Fsp3) is 0.381. The van der Waals surface area contributed by atoms with E-state index in [4.69, 9.17) is 4.74 Å². The van der Waals surface area contributed by atoms with Gasteiger partial charge in [-0.15, -0.1) is 0 Å². The molecule has 0 heterocycles. The largest absolute Gasteiger partial charge is 0.372 e. The number of aliphatic imine (C=N–C) groups is 1. The molecule has 2 N–H and O–H groups in total. The Morgan fingerprint density at radius 1 is 0.962 bits per heavy atom. The van der Waals surface area contributed by atoms with Crippen molar-refractivity contribution in [3.05, 3.63) is 71.3 Å². The van der Waals surface area contributed by atoms with E-state index in [1.807, 2.05) is 30.0 Å². The predicted molar refractivity (Wildman–Crippen MR) is 113 cm³/mol. The molecule has 4 nitrogen and oxygen atoms in total. The van der Waals surface area contributed by atoms with Gasteiger partial charge in [-0.3, -0.25) is 0 Å². The molecule has 0 amide bonds. The summed E-state index contributed by atoms with van der Waals surface area (Å²) >= 11 is 1.82. The normalized spacial score (nSPS) is 11.4. The molecule has 0 atom stereocenters. The lowest BCUT2D eigenvalue weighted by atomic mass is 10.1. The minimum absolute atomic E-state index is 0.610. The van der Waals surface area contributed by atoms with Crippen LogP contribution in [0.5, 0.6) is 0 Å². The number of hydrogen-bond donors (Lipinski definition) is 2. The first-order valence-corrected chi connectivity index (χ1v) is 10.4. The van der Waals surface area contributed by atoms with Crippen molar-refractivity contribution in [2.75, 3.05) is 25.1 Å². The summed E-state index contributed by atoms with van der Waals surface area (Å²) in [5.41, 5.74) is 3.56. The Kier molecular flexibility index (Phi) is 9.69. The third-order valence-electron chi connectivity index (χ3n) is 3.73. The van der Waals surface area contributed by atoms with Gasteiger partial charge in [-0.25, -0.2) is 4.99 Å². The third kappa shape index (κ3) is 7.93. The fourth-order valence-corrected chi connectivity index (χ4v) is 2.77. The summed E-state index contributed by atoms with van der Waals surface area (Å²) < 4.78 is 5.83. The van der Waals surface area contributed by atoms with Crippen LogP contribution in [0.25, 0.3) is 0 Å². The lowest BCUT2D eigenvalue weighted by Crippen LogP contribution is -2.38. The summed E-state index contributed by atoms with van der Waals surface area (Å²) in [6, 6.07) is 18.7.